The van der Waals surface area contributed by atoms with E-state index in [-0.39, 0.29) is 11.9 Å². The normalized spacial score (nSPS) is 17.8. The molecule has 1 fully saturated rings. The molecule has 0 aromatic carbocycles. The predicted molar refractivity (Wildman–Crippen MR) is 84.2 cm³/mol. The van der Waals surface area contributed by atoms with E-state index < -0.39 is 0 Å². The van der Waals surface area contributed by atoms with Crippen LogP contribution >= 0.6 is 22.7 Å². The first-order valence-corrected chi connectivity index (χ1v) is 8.81. The van der Waals surface area contributed by atoms with Gasteiger partial charge < -0.3 is 5.11 Å². The predicted octanol–water partition coefficient (Wildman–Crippen LogP) is 3.05. The van der Waals surface area contributed by atoms with Crippen LogP contribution in [0.2, 0.25) is 0 Å². The molecule has 0 spiro atoms. The van der Waals surface area contributed by atoms with Crippen molar-refractivity contribution < 1.29 is 5.11 Å². The lowest BCUT2D eigenvalue weighted by atomic mass is 10.1. The van der Waals surface area contributed by atoms with Crippen LogP contribution in [0.5, 0.6) is 5.88 Å². The van der Waals surface area contributed by atoms with Crippen LogP contribution in [0.15, 0.2) is 16.8 Å². The summed E-state index contributed by atoms with van der Waals surface area (Å²) < 4.78 is 1.56. The molecule has 1 aliphatic heterocycles. The number of aryl methyl sites for hydroxylation is 1. The van der Waals surface area contributed by atoms with E-state index in [2.05, 4.69) is 31.8 Å². The van der Waals surface area contributed by atoms with E-state index in [1.165, 1.54) is 18.4 Å². The van der Waals surface area contributed by atoms with E-state index in [1.807, 2.05) is 6.92 Å². The molecule has 3 aromatic rings. The number of aromatic nitrogens is 3. The lowest BCUT2D eigenvalue weighted by Crippen LogP contribution is -2.25. The smallest absolute Gasteiger partial charge is 0.230 e. The highest BCUT2D eigenvalue weighted by molar-refractivity contribution is 7.17. The van der Waals surface area contributed by atoms with Crippen molar-refractivity contribution in [3.63, 3.8) is 0 Å². The number of hydrogen-bond donors (Lipinski definition) is 1. The highest BCUT2D eigenvalue weighted by atomic mass is 32.1. The molecule has 110 valence electrons. The summed E-state index contributed by atoms with van der Waals surface area (Å²) in [6.45, 7) is 3.99. The van der Waals surface area contributed by atoms with Gasteiger partial charge in [-0.15, -0.1) is 5.10 Å². The van der Waals surface area contributed by atoms with Crippen molar-refractivity contribution in [3.05, 3.63) is 33.1 Å². The van der Waals surface area contributed by atoms with E-state index in [9.17, 15) is 5.11 Å². The van der Waals surface area contributed by atoms with E-state index in [0.29, 0.717) is 5.82 Å². The summed E-state index contributed by atoms with van der Waals surface area (Å²) in [5.41, 5.74) is 1.25. The molecule has 0 bridgehead atoms. The molecular formula is C14H16N4OS2. The molecule has 1 N–H and O–H groups in total. The number of thiazole rings is 1. The van der Waals surface area contributed by atoms with Crippen LogP contribution in [0.3, 0.4) is 0 Å². The van der Waals surface area contributed by atoms with Crippen LogP contribution in [0.25, 0.3) is 4.96 Å². The summed E-state index contributed by atoms with van der Waals surface area (Å²) >= 11 is 3.24. The van der Waals surface area contributed by atoms with Gasteiger partial charge in [0.1, 0.15) is 5.82 Å². The van der Waals surface area contributed by atoms with Gasteiger partial charge in [-0.3, -0.25) is 4.90 Å². The zero-order valence-corrected chi connectivity index (χ0v) is 13.3. The third-order valence-electron chi connectivity index (χ3n) is 3.92. The van der Waals surface area contributed by atoms with Gasteiger partial charge in [0.05, 0.1) is 10.9 Å². The Balaban J connectivity index is 1.84. The zero-order valence-electron chi connectivity index (χ0n) is 11.7. The second-order valence-corrected chi connectivity index (χ2v) is 7.13. The SMILES string of the molecule is Cc1nc2sc([C@H](c3ccsc3)N3CCCC3)c(O)n2n1. The first-order valence-electron chi connectivity index (χ1n) is 7.05. The highest BCUT2D eigenvalue weighted by Crippen LogP contribution is 2.41. The Morgan fingerprint density at radius 3 is 2.81 bits per heavy atom. The quantitative estimate of drug-likeness (QED) is 0.806. The fourth-order valence-electron chi connectivity index (χ4n) is 2.98. The molecule has 0 unspecified atom stereocenters. The molecule has 0 amide bonds. The van der Waals surface area contributed by atoms with Gasteiger partial charge in [-0.1, -0.05) is 11.3 Å². The van der Waals surface area contributed by atoms with E-state index in [4.69, 9.17) is 0 Å². The molecule has 0 radical (unpaired) electrons. The van der Waals surface area contributed by atoms with E-state index >= 15 is 0 Å². The summed E-state index contributed by atoms with van der Waals surface area (Å²) in [6, 6.07) is 2.27. The van der Waals surface area contributed by atoms with Gasteiger partial charge in [0.15, 0.2) is 0 Å². The first kappa shape index (κ1) is 13.2. The third kappa shape index (κ3) is 2.16. The van der Waals surface area contributed by atoms with Crippen molar-refractivity contribution in [2.75, 3.05) is 13.1 Å². The average molecular weight is 320 g/mol. The van der Waals surface area contributed by atoms with Crippen LogP contribution in [-0.4, -0.2) is 37.7 Å². The maximum absolute atomic E-state index is 10.6. The van der Waals surface area contributed by atoms with Gasteiger partial charge >= 0.3 is 0 Å². The Kier molecular flexibility index (Phi) is 3.20. The van der Waals surface area contributed by atoms with Crippen molar-refractivity contribution in [2.24, 2.45) is 0 Å². The minimum Gasteiger partial charge on any atom is -0.492 e. The number of likely N-dealkylation sites (tertiary alicyclic amines) is 1. The van der Waals surface area contributed by atoms with Crippen LogP contribution in [0.4, 0.5) is 0 Å². The fraction of sp³-hybridized carbons (Fsp3) is 0.429. The molecule has 4 heterocycles. The third-order valence-corrected chi connectivity index (χ3v) is 5.69. The average Bonchev–Trinajstić information content (AvgIpc) is 3.20. The minimum atomic E-state index is 0.118. The van der Waals surface area contributed by atoms with Gasteiger partial charge in [0.2, 0.25) is 10.8 Å². The first-order chi connectivity index (χ1) is 10.2. The number of rotatable bonds is 3. The van der Waals surface area contributed by atoms with Crippen LogP contribution in [0, 0.1) is 6.92 Å². The Labute approximate surface area is 130 Å². The molecule has 4 rings (SSSR count). The molecule has 1 saturated heterocycles. The molecule has 1 atom stereocenters. The Morgan fingerprint density at radius 2 is 2.14 bits per heavy atom. The summed E-state index contributed by atoms with van der Waals surface area (Å²) in [6.07, 6.45) is 2.45. The number of hydrogen-bond acceptors (Lipinski definition) is 6. The molecule has 7 heteroatoms. The van der Waals surface area contributed by atoms with Crippen molar-refractivity contribution in [1.29, 1.82) is 0 Å². The summed E-state index contributed by atoms with van der Waals surface area (Å²) in [4.78, 5) is 8.54. The Bertz CT molecular complexity index is 755. The monoisotopic (exact) mass is 320 g/mol. The van der Waals surface area contributed by atoms with E-state index in [0.717, 1.165) is 22.9 Å². The van der Waals surface area contributed by atoms with Gasteiger partial charge in [0, 0.05) is 0 Å². The lowest BCUT2D eigenvalue weighted by Gasteiger charge is -2.25. The van der Waals surface area contributed by atoms with E-state index in [1.54, 1.807) is 27.2 Å². The second kappa shape index (κ2) is 5.08. The van der Waals surface area contributed by atoms with Crippen LogP contribution < -0.4 is 0 Å². The Hall–Kier alpha value is -1.44. The summed E-state index contributed by atoms with van der Waals surface area (Å²) in [5, 5.41) is 19.1. The van der Waals surface area contributed by atoms with Gasteiger partial charge in [0.25, 0.3) is 0 Å². The van der Waals surface area contributed by atoms with Crippen molar-refractivity contribution >= 4 is 27.6 Å². The number of nitrogens with zero attached hydrogens (tertiary/aromatic N) is 4. The summed E-state index contributed by atoms with van der Waals surface area (Å²) in [7, 11) is 0. The zero-order chi connectivity index (χ0) is 14.4. The molecule has 0 saturated carbocycles. The largest absolute Gasteiger partial charge is 0.492 e. The maximum atomic E-state index is 10.6. The van der Waals surface area contributed by atoms with Crippen molar-refractivity contribution in [3.8, 4) is 5.88 Å². The molecule has 1 aliphatic rings. The topological polar surface area (TPSA) is 53.7 Å². The van der Waals surface area contributed by atoms with Crippen molar-refractivity contribution in [2.45, 2.75) is 25.8 Å². The van der Waals surface area contributed by atoms with Gasteiger partial charge in [-0.05, 0) is 55.2 Å². The standard InChI is InChI=1S/C14H16N4OS2/c1-9-15-14-18(16-9)13(19)12(21-14)11(10-4-7-20-8-10)17-5-2-3-6-17/h4,7-8,11,19H,2-3,5-6H2,1H3/t11-/m0/s1. The minimum absolute atomic E-state index is 0.118. The molecule has 0 aliphatic carbocycles. The number of aromatic hydroxyl groups is 1. The van der Waals surface area contributed by atoms with Crippen LogP contribution in [0.1, 0.15) is 35.1 Å². The fourth-order valence-corrected chi connectivity index (χ4v) is 4.83. The molecule has 5 nitrogen and oxygen atoms in total. The molecule has 21 heavy (non-hydrogen) atoms. The summed E-state index contributed by atoms with van der Waals surface area (Å²) in [5.74, 6) is 0.926. The van der Waals surface area contributed by atoms with Gasteiger partial charge in [-0.25, -0.2) is 4.98 Å². The molecule has 3 aromatic heterocycles. The molecular weight excluding hydrogens is 304 g/mol. The maximum Gasteiger partial charge on any atom is 0.230 e. The number of thiophene rings is 1. The lowest BCUT2D eigenvalue weighted by molar-refractivity contribution is 0.277. The Morgan fingerprint density at radius 1 is 1.33 bits per heavy atom. The second-order valence-electron chi connectivity index (χ2n) is 5.35. The van der Waals surface area contributed by atoms with Gasteiger partial charge in [-0.2, -0.15) is 15.9 Å². The number of fused-ring (bicyclic) bond motifs is 1. The van der Waals surface area contributed by atoms with Crippen molar-refractivity contribution in [1.82, 2.24) is 19.5 Å². The van der Waals surface area contributed by atoms with Crippen LogP contribution in [-0.2, 0) is 0 Å². The highest BCUT2D eigenvalue weighted by Gasteiger charge is 2.31.